The number of hydrogen-bond donors (Lipinski definition) is 0. The summed E-state index contributed by atoms with van der Waals surface area (Å²) in [5, 5.41) is 0. The van der Waals surface area contributed by atoms with E-state index in [2.05, 4.69) is 6.58 Å². The highest BCUT2D eigenvalue weighted by Gasteiger charge is 1.79. The molecule has 0 spiro atoms. The third kappa shape index (κ3) is 3.47. The lowest BCUT2D eigenvalue weighted by Gasteiger charge is -1.98. The van der Waals surface area contributed by atoms with Crippen LogP contribution in [0.2, 0.25) is 0 Å². The fraction of sp³-hybridized carbons (Fsp3) is 0.429. The van der Waals surface area contributed by atoms with Crippen molar-refractivity contribution in [2.24, 2.45) is 0 Å². The van der Waals surface area contributed by atoms with Gasteiger partial charge in [-0.3, -0.25) is 0 Å². The molecule has 0 unspecified atom stereocenters. The van der Waals surface area contributed by atoms with Crippen molar-refractivity contribution < 1.29 is 4.74 Å². The third-order valence-electron chi connectivity index (χ3n) is 0.725. The zero-order valence-electron chi connectivity index (χ0n) is 5.48. The molecule has 0 bridgehead atoms. The minimum atomic E-state index is 0.732. The first-order chi connectivity index (χ1) is 3.81. The third-order valence-corrected chi connectivity index (χ3v) is 0.725. The van der Waals surface area contributed by atoms with Crippen LogP contribution in [0.4, 0.5) is 0 Å². The van der Waals surface area contributed by atoms with Gasteiger partial charge < -0.3 is 4.74 Å². The molecule has 0 aromatic heterocycles. The Hall–Kier alpha value is -0.720. The molecule has 0 fully saturated rings. The van der Waals surface area contributed by atoms with Gasteiger partial charge in [-0.25, -0.2) is 0 Å². The van der Waals surface area contributed by atoms with E-state index in [1.165, 1.54) is 0 Å². The van der Waals surface area contributed by atoms with Crippen LogP contribution in [0.5, 0.6) is 0 Å². The Labute approximate surface area is 50.7 Å². The molecule has 0 aromatic rings. The quantitative estimate of drug-likeness (QED) is 0.401. The van der Waals surface area contributed by atoms with Gasteiger partial charge in [0.25, 0.3) is 0 Å². The second-order valence-electron chi connectivity index (χ2n) is 1.45. The van der Waals surface area contributed by atoms with Crippen molar-refractivity contribution in [3.8, 4) is 0 Å². The van der Waals surface area contributed by atoms with Crippen molar-refractivity contribution >= 4 is 0 Å². The predicted molar refractivity (Wildman–Crippen MR) is 35.6 cm³/mol. The van der Waals surface area contributed by atoms with Gasteiger partial charge in [0.05, 0.1) is 12.4 Å². The van der Waals surface area contributed by atoms with Crippen LogP contribution in [-0.2, 0) is 4.74 Å². The molecular weight excluding hydrogens is 100 g/mol. The summed E-state index contributed by atoms with van der Waals surface area (Å²) < 4.78 is 5.07. The summed E-state index contributed by atoms with van der Waals surface area (Å²) >= 11 is 0. The van der Waals surface area contributed by atoms with Gasteiger partial charge in [0.2, 0.25) is 0 Å². The van der Waals surface area contributed by atoms with Crippen LogP contribution in [-0.4, -0.2) is 6.61 Å². The Kier molecular flexibility index (Phi) is 4.04. The fourth-order valence-electron chi connectivity index (χ4n) is 0.442. The first-order valence-electron chi connectivity index (χ1n) is 2.73. The molecule has 0 rings (SSSR count). The van der Waals surface area contributed by atoms with Crippen molar-refractivity contribution in [3.05, 3.63) is 24.5 Å². The molecule has 8 heavy (non-hydrogen) atoms. The van der Waals surface area contributed by atoms with Crippen LogP contribution < -0.4 is 0 Å². The van der Waals surface area contributed by atoms with E-state index in [0.717, 1.165) is 12.4 Å². The second-order valence-corrected chi connectivity index (χ2v) is 1.45. The summed E-state index contributed by atoms with van der Waals surface area (Å²) in [6.07, 6.45) is 3.55. The topological polar surface area (TPSA) is 9.23 Å². The lowest BCUT2D eigenvalue weighted by atomic mass is 10.5. The number of ether oxygens (including phenoxy) is 1. The Balaban J connectivity index is 3.44. The second kappa shape index (κ2) is 4.44. The van der Waals surface area contributed by atoms with Crippen LogP contribution in [0.3, 0.4) is 0 Å². The Morgan fingerprint density at radius 2 is 2.38 bits per heavy atom. The van der Waals surface area contributed by atoms with Gasteiger partial charge in [0, 0.05) is 0 Å². The summed E-state index contributed by atoms with van der Waals surface area (Å²) in [6, 6.07) is 0. The molecule has 0 aromatic carbocycles. The Morgan fingerprint density at radius 3 is 2.75 bits per heavy atom. The van der Waals surface area contributed by atoms with Crippen molar-refractivity contribution in [2.45, 2.75) is 13.8 Å². The van der Waals surface area contributed by atoms with Crippen LogP contribution in [0.25, 0.3) is 0 Å². The van der Waals surface area contributed by atoms with Gasteiger partial charge in [0.15, 0.2) is 0 Å². The average molecular weight is 112 g/mol. The zero-order valence-corrected chi connectivity index (χ0v) is 5.48. The minimum Gasteiger partial charge on any atom is -0.499 e. The van der Waals surface area contributed by atoms with E-state index in [0.29, 0.717) is 0 Å². The van der Waals surface area contributed by atoms with Crippen LogP contribution in [0.15, 0.2) is 24.5 Å². The van der Waals surface area contributed by atoms with E-state index in [1.54, 1.807) is 6.08 Å². The molecule has 0 amide bonds. The standard InChI is InChI=1S/C7H12O/c1-4-6-7(3)8-5-2/h4,6H,1,5H2,2-3H3. The smallest absolute Gasteiger partial charge is 0.0928 e. The molecule has 0 aliphatic heterocycles. The van der Waals surface area contributed by atoms with Crippen LogP contribution >= 0.6 is 0 Å². The molecule has 1 nitrogen and oxygen atoms in total. The van der Waals surface area contributed by atoms with E-state index >= 15 is 0 Å². The van der Waals surface area contributed by atoms with Crippen molar-refractivity contribution in [1.82, 2.24) is 0 Å². The summed E-state index contributed by atoms with van der Waals surface area (Å²) in [6.45, 7) is 8.13. The molecule has 0 N–H and O–H groups in total. The minimum absolute atomic E-state index is 0.732. The molecule has 0 aliphatic carbocycles. The first-order valence-corrected chi connectivity index (χ1v) is 2.73. The molecule has 0 aliphatic rings. The molecule has 1 heteroatoms. The molecule has 0 saturated carbocycles. The van der Waals surface area contributed by atoms with Crippen LogP contribution in [0, 0.1) is 0 Å². The predicted octanol–water partition coefficient (Wildman–Crippen LogP) is 2.11. The van der Waals surface area contributed by atoms with Gasteiger partial charge in [-0.15, -0.1) is 0 Å². The first kappa shape index (κ1) is 7.28. The van der Waals surface area contributed by atoms with E-state index in [1.807, 2.05) is 19.9 Å². The normalized spacial score (nSPS) is 11.0. The lowest BCUT2D eigenvalue weighted by Crippen LogP contribution is -1.84. The summed E-state index contributed by atoms with van der Waals surface area (Å²) in [7, 11) is 0. The Bertz CT molecular complexity index is 92.6. The van der Waals surface area contributed by atoms with E-state index in [9.17, 15) is 0 Å². The van der Waals surface area contributed by atoms with Crippen LogP contribution in [0.1, 0.15) is 13.8 Å². The number of rotatable bonds is 3. The molecule has 0 heterocycles. The van der Waals surface area contributed by atoms with Gasteiger partial charge in [-0.05, 0) is 19.9 Å². The molecule has 46 valence electrons. The molecule has 0 atom stereocenters. The summed E-state index contributed by atoms with van der Waals surface area (Å²) in [5.41, 5.74) is 0. The van der Waals surface area contributed by atoms with Gasteiger partial charge in [0.1, 0.15) is 0 Å². The van der Waals surface area contributed by atoms with Crippen molar-refractivity contribution in [2.75, 3.05) is 6.61 Å². The zero-order chi connectivity index (χ0) is 6.41. The van der Waals surface area contributed by atoms with Crippen molar-refractivity contribution in [3.63, 3.8) is 0 Å². The average Bonchev–Trinajstić information content (AvgIpc) is 1.68. The maximum Gasteiger partial charge on any atom is 0.0928 e. The Morgan fingerprint density at radius 1 is 1.75 bits per heavy atom. The summed E-state index contributed by atoms with van der Waals surface area (Å²) in [5.74, 6) is 0.919. The van der Waals surface area contributed by atoms with Gasteiger partial charge in [-0.2, -0.15) is 0 Å². The van der Waals surface area contributed by atoms with Gasteiger partial charge in [-0.1, -0.05) is 12.7 Å². The SMILES string of the molecule is C=CC=C(C)OCC. The highest BCUT2D eigenvalue weighted by Crippen LogP contribution is 1.92. The highest BCUT2D eigenvalue weighted by molar-refractivity contribution is 5.01. The maximum absolute atomic E-state index is 5.07. The number of hydrogen-bond acceptors (Lipinski definition) is 1. The molecule has 0 saturated heterocycles. The molecule has 0 radical (unpaired) electrons. The largest absolute Gasteiger partial charge is 0.499 e. The monoisotopic (exact) mass is 112 g/mol. The summed E-state index contributed by atoms with van der Waals surface area (Å²) in [4.78, 5) is 0. The maximum atomic E-state index is 5.07. The van der Waals surface area contributed by atoms with E-state index < -0.39 is 0 Å². The lowest BCUT2D eigenvalue weighted by molar-refractivity contribution is 0.231. The van der Waals surface area contributed by atoms with Gasteiger partial charge >= 0.3 is 0 Å². The van der Waals surface area contributed by atoms with E-state index in [4.69, 9.17) is 4.74 Å². The molecular formula is C7H12O. The number of allylic oxidation sites excluding steroid dienone is 3. The van der Waals surface area contributed by atoms with E-state index in [-0.39, 0.29) is 0 Å². The highest BCUT2D eigenvalue weighted by atomic mass is 16.5. The fourth-order valence-corrected chi connectivity index (χ4v) is 0.442. The van der Waals surface area contributed by atoms with Crippen molar-refractivity contribution in [1.29, 1.82) is 0 Å².